The van der Waals surface area contributed by atoms with Crippen LogP contribution in [0.4, 0.5) is 0 Å². The molecule has 0 unspecified atom stereocenters. The molecule has 0 spiro atoms. The van der Waals surface area contributed by atoms with Crippen LogP contribution in [-0.2, 0) is 38.4 Å². The van der Waals surface area contributed by atoms with E-state index in [2.05, 4.69) is 36.2 Å². The fourth-order valence-corrected chi connectivity index (χ4v) is 5.73. The molecule has 3 heterocycles. The predicted octanol–water partition coefficient (Wildman–Crippen LogP) is 1.73. The van der Waals surface area contributed by atoms with E-state index >= 15 is 0 Å². The Morgan fingerprint density at radius 2 is 1.50 bits per heavy atom. The van der Waals surface area contributed by atoms with Crippen molar-refractivity contribution in [2.45, 2.75) is 44.2 Å². The number of hydrogen-bond acceptors (Lipinski definition) is 8. The van der Waals surface area contributed by atoms with Gasteiger partial charge in [-0.2, -0.15) is 0 Å². The van der Waals surface area contributed by atoms with E-state index in [9.17, 15) is 24.3 Å². The molecule has 5 aromatic rings. The van der Waals surface area contributed by atoms with Gasteiger partial charge in [0.15, 0.2) is 0 Å². The average molecular weight is 683 g/mol. The molecule has 0 aliphatic rings. The molecule has 5 rings (SSSR count). The zero-order valence-electron chi connectivity index (χ0n) is 27.8. The van der Waals surface area contributed by atoms with Gasteiger partial charge < -0.3 is 46.8 Å². The molecule has 0 radical (unpaired) electrons. The van der Waals surface area contributed by atoms with Gasteiger partial charge in [0.05, 0.1) is 13.7 Å². The number of aromatic amines is 2. The normalized spacial score (nSPS) is 12.3. The molecule has 0 saturated carbocycles. The van der Waals surface area contributed by atoms with E-state index in [1.807, 2.05) is 24.4 Å². The second-order valence-electron chi connectivity index (χ2n) is 11.9. The lowest BCUT2D eigenvalue weighted by Crippen LogP contribution is -2.53. The van der Waals surface area contributed by atoms with Crippen LogP contribution in [0.1, 0.15) is 29.5 Å². The molecule has 0 fully saturated rings. The van der Waals surface area contributed by atoms with Crippen LogP contribution in [0.25, 0.3) is 21.8 Å². The molecular formula is C36H42N8O6. The maximum atomic E-state index is 13.4. The number of rotatable bonds is 17. The number of ether oxygens (including phenoxy) is 1. The maximum absolute atomic E-state index is 13.4. The third-order valence-corrected chi connectivity index (χ3v) is 8.37. The number of amides is 4. The molecule has 50 heavy (non-hydrogen) atoms. The third-order valence-electron chi connectivity index (χ3n) is 8.37. The highest BCUT2D eigenvalue weighted by atomic mass is 16.5. The van der Waals surface area contributed by atoms with Crippen LogP contribution in [0.15, 0.2) is 73.3 Å². The van der Waals surface area contributed by atoms with E-state index in [4.69, 9.17) is 10.5 Å². The molecule has 0 aliphatic carbocycles. The number of H-pyrrole nitrogens is 2. The molecule has 0 aliphatic heterocycles. The molecule has 2 atom stereocenters. The quantitative estimate of drug-likeness (QED) is 0.0721. The highest BCUT2D eigenvalue weighted by Gasteiger charge is 2.25. The van der Waals surface area contributed by atoms with Gasteiger partial charge in [0.25, 0.3) is 0 Å². The first kappa shape index (κ1) is 35.4. The fraction of sp³-hybridized carbons (Fsp3) is 0.306. The SMILES string of the molecule is COc1ccc2[nH]cc(CCNC(=O)[C@H](Cc3ccncc3)NC(=O)CNC(=O)[C@H](Cc3c[nH]c4ccc(O)cc34)NC(=O)CCCN)c2c1. The smallest absolute Gasteiger partial charge is 0.243 e. The van der Waals surface area contributed by atoms with Gasteiger partial charge in [0.1, 0.15) is 23.6 Å². The van der Waals surface area contributed by atoms with Crippen molar-refractivity contribution < 1.29 is 29.0 Å². The zero-order valence-corrected chi connectivity index (χ0v) is 27.8. The number of nitrogens with two attached hydrogens (primary N) is 1. The van der Waals surface area contributed by atoms with Crippen molar-refractivity contribution in [3.8, 4) is 11.5 Å². The number of phenols is 1. The Balaban J connectivity index is 1.22. The molecule has 0 saturated heterocycles. The minimum absolute atomic E-state index is 0.0620. The van der Waals surface area contributed by atoms with Gasteiger partial charge in [-0.25, -0.2) is 0 Å². The average Bonchev–Trinajstić information content (AvgIpc) is 3.72. The number of pyridine rings is 1. The molecule has 3 aromatic heterocycles. The van der Waals surface area contributed by atoms with E-state index in [0.29, 0.717) is 36.9 Å². The first-order chi connectivity index (χ1) is 24.2. The van der Waals surface area contributed by atoms with E-state index in [-0.39, 0.29) is 36.8 Å². The number of fused-ring (bicyclic) bond motifs is 2. The van der Waals surface area contributed by atoms with Crippen LogP contribution in [0.5, 0.6) is 11.5 Å². The summed E-state index contributed by atoms with van der Waals surface area (Å²) in [5, 5.41) is 22.7. The van der Waals surface area contributed by atoms with Gasteiger partial charge in [-0.1, -0.05) is 0 Å². The molecule has 0 bridgehead atoms. The van der Waals surface area contributed by atoms with Crippen molar-refractivity contribution >= 4 is 45.4 Å². The van der Waals surface area contributed by atoms with Crippen LogP contribution in [-0.4, -0.2) is 82.5 Å². The number of nitrogens with zero attached hydrogens (tertiary/aromatic N) is 1. The predicted molar refractivity (Wildman–Crippen MR) is 188 cm³/mol. The number of hydrogen-bond donors (Lipinski definition) is 8. The number of carbonyl (C=O) groups is 4. The molecule has 4 amide bonds. The maximum Gasteiger partial charge on any atom is 0.243 e. The Labute approximate surface area is 288 Å². The number of benzene rings is 2. The molecular weight excluding hydrogens is 640 g/mol. The molecule has 14 heteroatoms. The van der Waals surface area contributed by atoms with Gasteiger partial charge in [0.2, 0.25) is 23.6 Å². The number of aromatic hydroxyl groups is 1. The van der Waals surface area contributed by atoms with Crippen LogP contribution in [0.2, 0.25) is 0 Å². The fourth-order valence-electron chi connectivity index (χ4n) is 5.73. The topological polar surface area (TPSA) is 216 Å². The number of aromatic nitrogens is 3. The Morgan fingerprint density at radius 1 is 0.840 bits per heavy atom. The summed E-state index contributed by atoms with van der Waals surface area (Å²) in [6.45, 7) is 0.207. The molecule has 2 aromatic carbocycles. The summed E-state index contributed by atoms with van der Waals surface area (Å²) in [5.74, 6) is -1.11. The van der Waals surface area contributed by atoms with Crippen molar-refractivity contribution in [2.75, 3.05) is 26.7 Å². The Hall–Kier alpha value is -5.89. The summed E-state index contributed by atoms with van der Waals surface area (Å²) in [6, 6.07) is 12.1. The highest BCUT2D eigenvalue weighted by Crippen LogP contribution is 2.25. The Bertz CT molecular complexity index is 1940. The summed E-state index contributed by atoms with van der Waals surface area (Å²) >= 11 is 0. The van der Waals surface area contributed by atoms with Gasteiger partial charge in [-0.05, 0) is 84.6 Å². The first-order valence-electron chi connectivity index (χ1n) is 16.4. The number of methoxy groups -OCH3 is 1. The number of carbonyl (C=O) groups excluding carboxylic acids is 4. The summed E-state index contributed by atoms with van der Waals surface area (Å²) in [6.07, 6.45) is 8.23. The van der Waals surface area contributed by atoms with E-state index in [1.54, 1.807) is 56.0 Å². The highest BCUT2D eigenvalue weighted by molar-refractivity contribution is 5.93. The minimum atomic E-state index is -1.02. The van der Waals surface area contributed by atoms with Gasteiger partial charge >= 0.3 is 0 Å². The largest absolute Gasteiger partial charge is 0.508 e. The van der Waals surface area contributed by atoms with Crippen molar-refractivity contribution in [3.63, 3.8) is 0 Å². The second kappa shape index (κ2) is 17.0. The van der Waals surface area contributed by atoms with Crippen molar-refractivity contribution in [3.05, 3.63) is 90.0 Å². The van der Waals surface area contributed by atoms with Crippen molar-refractivity contribution in [1.29, 1.82) is 0 Å². The van der Waals surface area contributed by atoms with E-state index in [0.717, 1.165) is 33.3 Å². The lowest BCUT2D eigenvalue weighted by Gasteiger charge is -2.21. The summed E-state index contributed by atoms with van der Waals surface area (Å²) < 4.78 is 5.35. The summed E-state index contributed by atoms with van der Waals surface area (Å²) in [5.41, 5.74) is 9.75. The summed E-state index contributed by atoms with van der Waals surface area (Å²) in [4.78, 5) is 62.9. The molecule has 262 valence electrons. The van der Waals surface area contributed by atoms with Crippen LogP contribution < -0.4 is 31.7 Å². The monoisotopic (exact) mass is 682 g/mol. The minimum Gasteiger partial charge on any atom is -0.508 e. The number of nitrogens with one attached hydrogen (secondary N) is 6. The Kier molecular flexibility index (Phi) is 12.0. The lowest BCUT2D eigenvalue weighted by atomic mass is 10.0. The van der Waals surface area contributed by atoms with Gasteiger partial charge in [-0.3, -0.25) is 24.2 Å². The molecule has 14 nitrogen and oxygen atoms in total. The van der Waals surface area contributed by atoms with Crippen molar-refractivity contribution in [1.82, 2.24) is 36.2 Å². The second-order valence-corrected chi connectivity index (χ2v) is 11.9. The van der Waals surface area contributed by atoms with Crippen LogP contribution in [0, 0.1) is 0 Å². The van der Waals surface area contributed by atoms with Crippen LogP contribution in [0.3, 0.4) is 0 Å². The van der Waals surface area contributed by atoms with Gasteiger partial charge in [-0.15, -0.1) is 0 Å². The zero-order chi connectivity index (χ0) is 35.5. The first-order valence-corrected chi connectivity index (χ1v) is 16.4. The van der Waals surface area contributed by atoms with E-state index in [1.165, 1.54) is 0 Å². The number of phenolic OH excluding ortho intramolecular Hbond substituents is 1. The van der Waals surface area contributed by atoms with Gasteiger partial charge in [0, 0.05) is 72.4 Å². The lowest BCUT2D eigenvalue weighted by molar-refractivity contribution is -0.131. The third kappa shape index (κ3) is 9.38. The van der Waals surface area contributed by atoms with E-state index < -0.39 is 30.4 Å². The Morgan fingerprint density at radius 3 is 2.24 bits per heavy atom. The summed E-state index contributed by atoms with van der Waals surface area (Å²) in [7, 11) is 1.61. The van der Waals surface area contributed by atoms with Crippen molar-refractivity contribution in [2.24, 2.45) is 5.73 Å². The standard InChI is InChI=1S/C36H42N8O6/c1-50-26-5-7-30-28(18-26)23(19-40-30)10-14-39-35(48)31(15-22-8-12-38-13-9-22)44-34(47)21-42-36(49)32(43-33(46)3-2-11-37)16-24-20-41-29-6-4-25(45)17-27(24)29/h4-9,12-13,17-20,31-32,40-41,45H,2-3,10-11,14-16,21,37H2,1H3,(H,39,48)(H,42,49)(H,43,46)(H,44,47)/t31-,32-/m0/s1. The molecule has 9 N–H and O–H groups in total. The van der Waals surface area contributed by atoms with Crippen LogP contribution >= 0.6 is 0 Å².